The highest BCUT2D eigenvalue weighted by Gasteiger charge is 2.21. The molecule has 1 aromatic heterocycles. The van der Waals surface area contributed by atoms with E-state index in [9.17, 15) is 4.79 Å². The number of rotatable bonds is 4. The third kappa shape index (κ3) is 4.64. The third-order valence-corrected chi connectivity index (χ3v) is 4.81. The van der Waals surface area contributed by atoms with E-state index in [4.69, 9.17) is 0 Å². The quantitative estimate of drug-likeness (QED) is 0.840. The van der Waals surface area contributed by atoms with Crippen LogP contribution in [0.15, 0.2) is 18.5 Å². The zero-order chi connectivity index (χ0) is 15.9. The average molecular weight is 317 g/mol. The fraction of sp³-hybridized carbons (Fsp3) is 0.706. The summed E-state index contributed by atoms with van der Waals surface area (Å²) in [5.41, 5.74) is 0. The number of nitrogens with zero attached hydrogens (tertiary/aromatic N) is 5. The Morgan fingerprint density at radius 1 is 0.913 bits per heavy atom. The number of amides is 1. The Morgan fingerprint density at radius 2 is 1.57 bits per heavy atom. The smallest absolute Gasteiger partial charge is 0.225 e. The topological polar surface area (TPSA) is 52.6 Å². The van der Waals surface area contributed by atoms with E-state index in [0.717, 1.165) is 51.8 Å². The van der Waals surface area contributed by atoms with Crippen LogP contribution in [0.5, 0.6) is 0 Å². The Balaban J connectivity index is 1.39. The van der Waals surface area contributed by atoms with E-state index in [2.05, 4.69) is 24.7 Å². The van der Waals surface area contributed by atoms with Gasteiger partial charge in [0.05, 0.1) is 0 Å². The molecule has 2 fully saturated rings. The van der Waals surface area contributed by atoms with Crippen LogP contribution in [0.4, 0.5) is 5.95 Å². The van der Waals surface area contributed by atoms with Crippen molar-refractivity contribution in [2.75, 3.05) is 50.7 Å². The van der Waals surface area contributed by atoms with Crippen molar-refractivity contribution in [3.8, 4) is 0 Å². The van der Waals surface area contributed by atoms with Crippen LogP contribution >= 0.6 is 0 Å². The Bertz CT molecular complexity index is 479. The maximum Gasteiger partial charge on any atom is 0.225 e. The molecule has 1 aromatic rings. The van der Waals surface area contributed by atoms with Gasteiger partial charge in [-0.2, -0.15) is 0 Å². The van der Waals surface area contributed by atoms with E-state index in [1.165, 1.54) is 25.7 Å². The summed E-state index contributed by atoms with van der Waals surface area (Å²) in [7, 11) is 0. The van der Waals surface area contributed by atoms with Crippen LogP contribution in [-0.2, 0) is 4.79 Å². The number of hydrogen-bond acceptors (Lipinski definition) is 5. The van der Waals surface area contributed by atoms with Crippen LogP contribution in [0.1, 0.15) is 32.1 Å². The molecule has 3 heterocycles. The first-order chi connectivity index (χ1) is 11.3. The largest absolute Gasteiger partial charge is 0.343 e. The number of anilines is 1. The monoisotopic (exact) mass is 317 g/mol. The summed E-state index contributed by atoms with van der Waals surface area (Å²) in [4.78, 5) is 27.6. The Morgan fingerprint density at radius 3 is 2.22 bits per heavy atom. The van der Waals surface area contributed by atoms with Crippen molar-refractivity contribution in [1.29, 1.82) is 0 Å². The van der Waals surface area contributed by atoms with Gasteiger partial charge in [-0.15, -0.1) is 0 Å². The lowest BCUT2D eigenvalue weighted by atomic mass is 10.2. The molecule has 3 rings (SSSR count). The Hall–Kier alpha value is -1.69. The molecule has 1 amide bonds. The lowest BCUT2D eigenvalue weighted by Gasteiger charge is -2.34. The minimum atomic E-state index is 0.334. The van der Waals surface area contributed by atoms with Gasteiger partial charge >= 0.3 is 0 Å². The lowest BCUT2D eigenvalue weighted by Crippen LogP contribution is -2.48. The van der Waals surface area contributed by atoms with Crippen molar-refractivity contribution in [3.63, 3.8) is 0 Å². The summed E-state index contributed by atoms with van der Waals surface area (Å²) < 4.78 is 0. The van der Waals surface area contributed by atoms with Crippen molar-refractivity contribution in [2.24, 2.45) is 0 Å². The van der Waals surface area contributed by atoms with E-state index in [0.29, 0.717) is 12.3 Å². The molecule has 0 saturated carbocycles. The van der Waals surface area contributed by atoms with Crippen LogP contribution in [0.3, 0.4) is 0 Å². The number of aromatic nitrogens is 2. The molecule has 2 aliphatic heterocycles. The predicted octanol–water partition coefficient (Wildman–Crippen LogP) is 1.39. The molecule has 2 saturated heterocycles. The van der Waals surface area contributed by atoms with Gasteiger partial charge in [0.25, 0.3) is 0 Å². The first-order valence-electron chi connectivity index (χ1n) is 8.85. The van der Waals surface area contributed by atoms with Crippen molar-refractivity contribution in [3.05, 3.63) is 18.5 Å². The molecule has 0 radical (unpaired) electrons. The zero-order valence-corrected chi connectivity index (χ0v) is 13.9. The molecule has 2 aliphatic rings. The van der Waals surface area contributed by atoms with Gasteiger partial charge in [0.15, 0.2) is 0 Å². The molecule has 0 unspecified atom stereocenters. The Kier molecular flexibility index (Phi) is 5.80. The van der Waals surface area contributed by atoms with Crippen LogP contribution in [0, 0.1) is 0 Å². The number of carbonyl (C=O) groups excluding carboxylic acids is 1. The molecular weight excluding hydrogens is 290 g/mol. The van der Waals surface area contributed by atoms with E-state index in [-0.39, 0.29) is 0 Å². The van der Waals surface area contributed by atoms with Gasteiger partial charge in [-0.25, -0.2) is 9.97 Å². The highest BCUT2D eigenvalue weighted by Crippen LogP contribution is 2.12. The summed E-state index contributed by atoms with van der Waals surface area (Å²) in [6, 6.07) is 1.84. The predicted molar refractivity (Wildman–Crippen MR) is 90.4 cm³/mol. The Labute approximate surface area is 138 Å². The highest BCUT2D eigenvalue weighted by molar-refractivity contribution is 5.76. The van der Waals surface area contributed by atoms with Crippen LogP contribution in [-0.4, -0.2) is 71.5 Å². The second kappa shape index (κ2) is 8.24. The second-order valence-electron chi connectivity index (χ2n) is 6.42. The van der Waals surface area contributed by atoms with Gasteiger partial charge in [-0.1, -0.05) is 12.8 Å². The molecule has 0 bridgehead atoms. The summed E-state index contributed by atoms with van der Waals surface area (Å²) in [6.45, 7) is 6.61. The molecule has 0 atom stereocenters. The number of likely N-dealkylation sites (tertiary alicyclic amines) is 1. The molecule has 0 N–H and O–H groups in total. The standard InChI is InChI=1S/C17H27N5O/c23-16(21-9-3-1-2-4-10-21)6-11-20-12-14-22(15-13-20)17-18-7-5-8-19-17/h5,7-8H,1-4,6,9-15H2. The van der Waals surface area contributed by atoms with E-state index < -0.39 is 0 Å². The molecule has 23 heavy (non-hydrogen) atoms. The molecule has 0 aromatic carbocycles. The maximum absolute atomic E-state index is 12.3. The molecule has 0 aliphatic carbocycles. The van der Waals surface area contributed by atoms with Gasteiger partial charge in [0.1, 0.15) is 0 Å². The van der Waals surface area contributed by atoms with E-state index >= 15 is 0 Å². The number of carbonyl (C=O) groups is 1. The molecule has 6 nitrogen and oxygen atoms in total. The highest BCUT2D eigenvalue weighted by atomic mass is 16.2. The molecule has 126 valence electrons. The van der Waals surface area contributed by atoms with Crippen LogP contribution < -0.4 is 4.90 Å². The molecule has 6 heteroatoms. The fourth-order valence-corrected chi connectivity index (χ4v) is 3.36. The first-order valence-corrected chi connectivity index (χ1v) is 8.85. The van der Waals surface area contributed by atoms with Crippen LogP contribution in [0.25, 0.3) is 0 Å². The van der Waals surface area contributed by atoms with E-state index in [1.807, 2.05) is 6.07 Å². The van der Waals surface area contributed by atoms with Gasteiger partial charge < -0.3 is 9.80 Å². The SMILES string of the molecule is O=C(CCN1CCN(c2ncccn2)CC1)N1CCCCCC1. The van der Waals surface area contributed by atoms with Crippen molar-refractivity contribution < 1.29 is 4.79 Å². The summed E-state index contributed by atoms with van der Waals surface area (Å²) in [6.07, 6.45) is 9.11. The van der Waals surface area contributed by atoms with Gasteiger partial charge in [0.2, 0.25) is 11.9 Å². The van der Waals surface area contributed by atoms with Crippen LogP contribution in [0.2, 0.25) is 0 Å². The number of piperazine rings is 1. The lowest BCUT2D eigenvalue weighted by molar-refractivity contribution is -0.131. The normalized spacial score (nSPS) is 20.3. The summed E-state index contributed by atoms with van der Waals surface area (Å²) >= 11 is 0. The minimum absolute atomic E-state index is 0.334. The number of hydrogen-bond donors (Lipinski definition) is 0. The maximum atomic E-state index is 12.3. The average Bonchev–Trinajstić information content (AvgIpc) is 2.90. The fourth-order valence-electron chi connectivity index (χ4n) is 3.36. The summed E-state index contributed by atoms with van der Waals surface area (Å²) in [5.74, 6) is 1.15. The molecular formula is C17H27N5O. The second-order valence-corrected chi connectivity index (χ2v) is 6.42. The van der Waals surface area contributed by atoms with Crippen molar-refractivity contribution in [1.82, 2.24) is 19.8 Å². The van der Waals surface area contributed by atoms with Gasteiger partial charge in [-0.05, 0) is 18.9 Å². The third-order valence-electron chi connectivity index (χ3n) is 4.81. The minimum Gasteiger partial charge on any atom is -0.343 e. The molecule has 0 spiro atoms. The van der Waals surface area contributed by atoms with Crippen molar-refractivity contribution in [2.45, 2.75) is 32.1 Å². The van der Waals surface area contributed by atoms with Crippen molar-refractivity contribution >= 4 is 11.9 Å². The van der Waals surface area contributed by atoms with Gasteiger partial charge in [-0.3, -0.25) is 9.69 Å². The zero-order valence-electron chi connectivity index (χ0n) is 13.9. The van der Waals surface area contributed by atoms with E-state index in [1.54, 1.807) is 12.4 Å². The van der Waals surface area contributed by atoms with Gasteiger partial charge in [0, 0.05) is 64.6 Å². The first kappa shape index (κ1) is 16.2. The summed E-state index contributed by atoms with van der Waals surface area (Å²) in [5, 5.41) is 0.